The van der Waals surface area contributed by atoms with Crippen molar-refractivity contribution in [3.63, 3.8) is 0 Å². The summed E-state index contributed by atoms with van der Waals surface area (Å²) >= 11 is 0. The van der Waals surface area contributed by atoms with E-state index in [1.54, 1.807) is 0 Å². The average molecular weight is 266 g/mol. The molecule has 1 nitrogen and oxygen atoms in total. The average Bonchev–Trinajstić information content (AvgIpc) is 2.48. The van der Waals surface area contributed by atoms with E-state index in [0.717, 1.165) is 11.8 Å². The monoisotopic (exact) mass is 266 g/mol. The van der Waals surface area contributed by atoms with Crippen LogP contribution < -0.4 is 0 Å². The van der Waals surface area contributed by atoms with Crippen molar-refractivity contribution in [1.29, 1.82) is 0 Å². The molecule has 1 N–H and O–H groups in total. The van der Waals surface area contributed by atoms with Crippen molar-refractivity contribution in [2.45, 2.75) is 90.6 Å². The third-order valence-corrected chi connectivity index (χ3v) is 5.96. The van der Waals surface area contributed by atoms with Crippen molar-refractivity contribution in [3.8, 4) is 0 Å². The van der Waals surface area contributed by atoms with Crippen molar-refractivity contribution in [2.24, 2.45) is 23.7 Å². The minimum Gasteiger partial charge on any atom is -0.393 e. The first-order chi connectivity index (χ1) is 9.24. The second-order valence-electron chi connectivity index (χ2n) is 7.26. The maximum Gasteiger partial charge on any atom is 0.0596 e. The molecule has 2 aliphatic carbocycles. The van der Waals surface area contributed by atoms with Gasteiger partial charge in [-0.25, -0.2) is 0 Å². The zero-order valence-corrected chi connectivity index (χ0v) is 13.1. The van der Waals surface area contributed by atoms with Crippen LogP contribution in [0.15, 0.2) is 0 Å². The van der Waals surface area contributed by atoms with E-state index in [2.05, 4.69) is 13.8 Å². The first-order valence-electron chi connectivity index (χ1n) is 8.92. The van der Waals surface area contributed by atoms with E-state index in [-0.39, 0.29) is 6.10 Å². The summed E-state index contributed by atoms with van der Waals surface area (Å²) in [5, 5.41) is 10.7. The lowest BCUT2D eigenvalue weighted by Crippen LogP contribution is -2.35. The molecule has 2 aliphatic rings. The predicted octanol–water partition coefficient (Wildman–Crippen LogP) is 5.17. The van der Waals surface area contributed by atoms with Gasteiger partial charge in [-0.15, -0.1) is 0 Å². The van der Waals surface area contributed by atoms with Crippen molar-refractivity contribution >= 4 is 0 Å². The molecule has 0 spiro atoms. The molecule has 0 aromatic rings. The van der Waals surface area contributed by atoms with Crippen LogP contribution in [-0.4, -0.2) is 11.2 Å². The van der Waals surface area contributed by atoms with Gasteiger partial charge in [0.2, 0.25) is 0 Å². The Balaban J connectivity index is 1.78. The van der Waals surface area contributed by atoms with Crippen molar-refractivity contribution in [3.05, 3.63) is 0 Å². The molecule has 0 aliphatic heterocycles. The molecule has 0 aromatic carbocycles. The van der Waals surface area contributed by atoms with Crippen LogP contribution in [0.2, 0.25) is 0 Å². The van der Waals surface area contributed by atoms with E-state index in [9.17, 15) is 5.11 Å². The van der Waals surface area contributed by atoms with Gasteiger partial charge in [-0.05, 0) is 49.4 Å². The molecule has 2 fully saturated rings. The van der Waals surface area contributed by atoms with E-state index in [0.29, 0.717) is 11.8 Å². The summed E-state index contributed by atoms with van der Waals surface area (Å²) < 4.78 is 0. The van der Waals surface area contributed by atoms with Crippen LogP contribution in [0.1, 0.15) is 84.5 Å². The first-order valence-corrected chi connectivity index (χ1v) is 8.92. The Kier molecular flexibility index (Phi) is 6.19. The smallest absolute Gasteiger partial charge is 0.0596 e. The highest BCUT2D eigenvalue weighted by molar-refractivity contribution is 4.84. The second kappa shape index (κ2) is 7.67. The Hall–Kier alpha value is -0.0400. The quantitative estimate of drug-likeness (QED) is 0.728. The normalized spacial score (nSPS) is 38.1. The van der Waals surface area contributed by atoms with Crippen LogP contribution in [-0.2, 0) is 0 Å². The minimum atomic E-state index is 0.0110. The fraction of sp³-hybridized carbons (Fsp3) is 1.00. The molecule has 0 aromatic heterocycles. The molecule has 0 bridgehead atoms. The maximum atomic E-state index is 10.7. The lowest BCUT2D eigenvalue weighted by atomic mass is 9.70. The molecule has 0 amide bonds. The predicted molar refractivity (Wildman–Crippen MR) is 82.1 cm³/mol. The van der Waals surface area contributed by atoms with E-state index in [1.165, 1.54) is 70.6 Å². The van der Waals surface area contributed by atoms with E-state index >= 15 is 0 Å². The van der Waals surface area contributed by atoms with Gasteiger partial charge in [0.1, 0.15) is 0 Å². The van der Waals surface area contributed by atoms with E-state index in [1.807, 2.05) is 0 Å². The van der Waals surface area contributed by atoms with Gasteiger partial charge in [-0.1, -0.05) is 58.8 Å². The van der Waals surface area contributed by atoms with Crippen molar-refractivity contribution < 1.29 is 5.11 Å². The Labute approximate surface area is 120 Å². The minimum absolute atomic E-state index is 0.0110. The molecule has 2 rings (SSSR count). The third-order valence-electron chi connectivity index (χ3n) is 5.96. The molecular weight excluding hydrogens is 232 g/mol. The molecule has 19 heavy (non-hydrogen) atoms. The summed E-state index contributed by atoms with van der Waals surface area (Å²) in [5.74, 6) is 3.09. The van der Waals surface area contributed by atoms with Gasteiger partial charge in [-0.3, -0.25) is 0 Å². The van der Waals surface area contributed by atoms with E-state index < -0.39 is 0 Å². The molecule has 112 valence electrons. The highest BCUT2D eigenvalue weighted by Crippen LogP contribution is 2.40. The molecule has 3 unspecified atom stereocenters. The van der Waals surface area contributed by atoms with Gasteiger partial charge in [0.25, 0.3) is 0 Å². The molecule has 0 radical (unpaired) electrons. The fourth-order valence-corrected chi connectivity index (χ4v) is 4.63. The maximum absolute atomic E-state index is 10.7. The second-order valence-corrected chi connectivity index (χ2v) is 7.26. The third kappa shape index (κ3) is 4.21. The number of aliphatic hydroxyl groups excluding tert-OH is 1. The van der Waals surface area contributed by atoms with Crippen LogP contribution >= 0.6 is 0 Å². The summed E-state index contributed by atoms with van der Waals surface area (Å²) in [7, 11) is 0. The van der Waals surface area contributed by atoms with Crippen molar-refractivity contribution in [1.82, 2.24) is 0 Å². The Morgan fingerprint density at radius 1 is 0.895 bits per heavy atom. The van der Waals surface area contributed by atoms with Gasteiger partial charge in [-0.2, -0.15) is 0 Å². The number of hydrogen-bond donors (Lipinski definition) is 1. The first kappa shape index (κ1) is 15.4. The number of hydrogen-bond acceptors (Lipinski definition) is 1. The molecular formula is C18H34O. The largest absolute Gasteiger partial charge is 0.393 e. The van der Waals surface area contributed by atoms with Gasteiger partial charge in [0, 0.05) is 0 Å². The topological polar surface area (TPSA) is 20.2 Å². The highest BCUT2D eigenvalue weighted by atomic mass is 16.3. The Morgan fingerprint density at radius 3 is 2.26 bits per heavy atom. The molecule has 0 saturated heterocycles. The van der Waals surface area contributed by atoms with Gasteiger partial charge in [0.05, 0.1) is 6.10 Å². The van der Waals surface area contributed by atoms with E-state index in [4.69, 9.17) is 0 Å². The zero-order chi connectivity index (χ0) is 13.7. The SMILES string of the molecule is CCCC1CCC(C(O)C2CCCC(CC)C2)CC1. The summed E-state index contributed by atoms with van der Waals surface area (Å²) in [6.45, 7) is 4.61. The van der Waals surface area contributed by atoms with Crippen LogP contribution in [0.3, 0.4) is 0 Å². The van der Waals surface area contributed by atoms with Crippen LogP contribution in [0.25, 0.3) is 0 Å². The molecule has 0 heterocycles. The summed E-state index contributed by atoms with van der Waals surface area (Å²) in [6.07, 6.45) is 14.7. The highest BCUT2D eigenvalue weighted by Gasteiger charge is 2.33. The molecule has 2 saturated carbocycles. The Bertz CT molecular complexity index is 242. The molecule has 1 heteroatoms. The fourth-order valence-electron chi connectivity index (χ4n) is 4.63. The summed E-state index contributed by atoms with van der Waals surface area (Å²) in [6, 6.07) is 0. The van der Waals surface area contributed by atoms with Gasteiger partial charge >= 0.3 is 0 Å². The van der Waals surface area contributed by atoms with Crippen LogP contribution in [0, 0.1) is 23.7 Å². The summed E-state index contributed by atoms with van der Waals surface area (Å²) in [4.78, 5) is 0. The lowest BCUT2D eigenvalue weighted by Gasteiger charge is -2.38. The van der Waals surface area contributed by atoms with Gasteiger partial charge in [0.15, 0.2) is 0 Å². The van der Waals surface area contributed by atoms with Crippen LogP contribution in [0.5, 0.6) is 0 Å². The van der Waals surface area contributed by atoms with Crippen LogP contribution in [0.4, 0.5) is 0 Å². The summed E-state index contributed by atoms with van der Waals surface area (Å²) in [5.41, 5.74) is 0. The van der Waals surface area contributed by atoms with Crippen molar-refractivity contribution in [2.75, 3.05) is 0 Å². The zero-order valence-electron chi connectivity index (χ0n) is 13.1. The lowest BCUT2D eigenvalue weighted by molar-refractivity contribution is 0.00245. The molecule has 3 atom stereocenters. The number of rotatable bonds is 5. The van der Waals surface area contributed by atoms with Gasteiger partial charge < -0.3 is 5.11 Å². The number of aliphatic hydroxyl groups is 1. The standard InChI is InChI=1S/C18H34O/c1-3-6-15-9-11-16(12-10-15)18(19)17-8-5-7-14(4-2)13-17/h14-19H,3-13H2,1-2H3. The Morgan fingerprint density at radius 2 is 1.63 bits per heavy atom.